The molecule has 0 bridgehead atoms. The monoisotopic (exact) mass is 296 g/mol. The van der Waals surface area contributed by atoms with Crippen molar-refractivity contribution in [1.82, 2.24) is 0 Å². The number of benzene rings is 1. The second-order valence-electron chi connectivity index (χ2n) is 4.19. The second kappa shape index (κ2) is 8.11. The lowest BCUT2D eigenvalue weighted by Crippen LogP contribution is -2.01. The first-order valence-electron chi connectivity index (χ1n) is 6.58. The number of terminal acetylenes is 1. The molecule has 0 amide bonds. The van der Waals surface area contributed by atoms with Crippen LogP contribution in [0.1, 0.15) is 25.0 Å². The van der Waals surface area contributed by atoms with E-state index in [9.17, 15) is 4.57 Å². The van der Waals surface area contributed by atoms with Crippen molar-refractivity contribution in [3.63, 3.8) is 0 Å². The molecule has 0 aliphatic heterocycles. The van der Waals surface area contributed by atoms with Gasteiger partial charge in [-0.15, -0.1) is 6.42 Å². The molecule has 0 atom stereocenters. The van der Waals surface area contributed by atoms with Gasteiger partial charge in [0.25, 0.3) is 0 Å². The van der Waals surface area contributed by atoms with E-state index < -0.39 is 7.60 Å². The summed E-state index contributed by atoms with van der Waals surface area (Å²) in [6.07, 6.45) is 5.41. The fourth-order valence-electron chi connectivity index (χ4n) is 1.79. The Kier molecular flexibility index (Phi) is 6.81. The van der Waals surface area contributed by atoms with Crippen molar-refractivity contribution in [3.8, 4) is 18.1 Å². The molecular formula is C15H21O4P. The first kappa shape index (κ1) is 16.8. The fourth-order valence-corrected chi connectivity index (χ4v) is 3.61. The largest absolute Gasteiger partial charge is 0.481 e. The maximum absolute atomic E-state index is 12.5. The van der Waals surface area contributed by atoms with Crippen LogP contribution in [-0.4, -0.2) is 19.8 Å². The summed E-state index contributed by atoms with van der Waals surface area (Å²) in [5.74, 6) is 3.12. The van der Waals surface area contributed by atoms with E-state index in [1.54, 1.807) is 13.8 Å². The minimum atomic E-state index is -3.08. The van der Waals surface area contributed by atoms with Crippen molar-refractivity contribution in [3.05, 3.63) is 29.3 Å². The van der Waals surface area contributed by atoms with Crippen LogP contribution in [0.4, 0.5) is 0 Å². The normalized spacial score (nSPS) is 11.1. The van der Waals surface area contributed by atoms with Crippen LogP contribution in [-0.2, 0) is 19.8 Å². The van der Waals surface area contributed by atoms with Crippen molar-refractivity contribution in [2.75, 3.05) is 19.8 Å². The average Bonchev–Trinajstić information content (AvgIpc) is 2.40. The van der Waals surface area contributed by atoms with Gasteiger partial charge in [-0.05, 0) is 44.0 Å². The van der Waals surface area contributed by atoms with Gasteiger partial charge in [0.05, 0.1) is 19.4 Å². The molecule has 110 valence electrons. The van der Waals surface area contributed by atoms with Crippen molar-refractivity contribution in [2.45, 2.75) is 26.9 Å². The van der Waals surface area contributed by atoms with Crippen LogP contribution in [0.25, 0.3) is 0 Å². The number of ether oxygens (including phenoxy) is 1. The van der Waals surface area contributed by atoms with Crippen LogP contribution in [0.2, 0.25) is 0 Å². The van der Waals surface area contributed by atoms with Gasteiger partial charge in [0, 0.05) is 0 Å². The Morgan fingerprint density at radius 3 is 2.40 bits per heavy atom. The van der Waals surface area contributed by atoms with E-state index in [4.69, 9.17) is 20.2 Å². The molecule has 1 aromatic rings. The molecule has 0 aliphatic carbocycles. The summed E-state index contributed by atoms with van der Waals surface area (Å²) in [5, 5.41) is 0. The molecule has 4 nitrogen and oxygen atoms in total. The quantitative estimate of drug-likeness (QED) is 0.541. The van der Waals surface area contributed by atoms with Crippen molar-refractivity contribution in [2.24, 2.45) is 0 Å². The minimum Gasteiger partial charge on any atom is -0.481 e. The van der Waals surface area contributed by atoms with Crippen LogP contribution >= 0.6 is 7.60 Å². The molecular weight excluding hydrogens is 275 g/mol. The van der Waals surface area contributed by atoms with E-state index in [2.05, 4.69) is 5.92 Å². The molecule has 0 unspecified atom stereocenters. The van der Waals surface area contributed by atoms with Gasteiger partial charge in [-0.3, -0.25) is 4.57 Å². The zero-order valence-corrected chi connectivity index (χ0v) is 13.1. The molecule has 0 N–H and O–H groups in total. The highest BCUT2D eigenvalue weighted by atomic mass is 31.2. The predicted octanol–water partition coefficient (Wildman–Crippen LogP) is 3.77. The van der Waals surface area contributed by atoms with Crippen LogP contribution in [0.3, 0.4) is 0 Å². The Balaban J connectivity index is 2.86. The molecule has 0 saturated carbocycles. The second-order valence-corrected chi connectivity index (χ2v) is 6.24. The van der Waals surface area contributed by atoms with E-state index >= 15 is 0 Å². The van der Waals surface area contributed by atoms with Crippen molar-refractivity contribution < 1.29 is 18.3 Å². The summed E-state index contributed by atoms with van der Waals surface area (Å²) in [6, 6.07) is 5.54. The maximum Gasteiger partial charge on any atom is 0.335 e. The number of aryl methyl sites for hydroxylation is 1. The third-order valence-corrected chi connectivity index (χ3v) is 4.68. The zero-order valence-electron chi connectivity index (χ0n) is 12.2. The van der Waals surface area contributed by atoms with Gasteiger partial charge in [0.2, 0.25) is 0 Å². The smallest absolute Gasteiger partial charge is 0.335 e. The van der Waals surface area contributed by atoms with Gasteiger partial charge in [-0.1, -0.05) is 12.0 Å². The Labute approximate surface area is 121 Å². The molecule has 1 rings (SSSR count). The Morgan fingerprint density at radius 1 is 1.25 bits per heavy atom. The first-order chi connectivity index (χ1) is 9.54. The van der Waals surface area contributed by atoms with E-state index in [0.29, 0.717) is 19.0 Å². The van der Waals surface area contributed by atoms with Gasteiger partial charge < -0.3 is 13.8 Å². The summed E-state index contributed by atoms with van der Waals surface area (Å²) in [4.78, 5) is 0. The summed E-state index contributed by atoms with van der Waals surface area (Å²) in [6.45, 7) is 6.49. The van der Waals surface area contributed by atoms with Gasteiger partial charge in [0.1, 0.15) is 12.4 Å². The SMILES string of the molecule is C#CCOc1ccc(CP(=O)(OCC)OCC)c(C)c1. The summed E-state index contributed by atoms with van der Waals surface area (Å²) in [7, 11) is -3.08. The predicted molar refractivity (Wildman–Crippen MR) is 80.1 cm³/mol. The van der Waals surface area contributed by atoms with E-state index in [0.717, 1.165) is 11.1 Å². The maximum atomic E-state index is 12.5. The lowest BCUT2D eigenvalue weighted by Gasteiger charge is -2.18. The van der Waals surface area contributed by atoms with Gasteiger partial charge in [-0.2, -0.15) is 0 Å². The molecule has 0 saturated heterocycles. The Hall–Kier alpha value is -1.27. The topological polar surface area (TPSA) is 44.8 Å². The molecule has 0 heterocycles. The number of hydrogen-bond acceptors (Lipinski definition) is 4. The molecule has 0 fully saturated rings. The first-order valence-corrected chi connectivity index (χ1v) is 8.31. The molecule has 0 spiro atoms. The van der Waals surface area contributed by atoms with Gasteiger partial charge in [0.15, 0.2) is 0 Å². The van der Waals surface area contributed by atoms with E-state index in [1.807, 2.05) is 25.1 Å². The molecule has 20 heavy (non-hydrogen) atoms. The molecule has 0 aromatic heterocycles. The highest BCUT2D eigenvalue weighted by Crippen LogP contribution is 2.51. The fraction of sp³-hybridized carbons (Fsp3) is 0.467. The standard InChI is InChI=1S/C15H21O4P/c1-5-10-17-15-9-8-14(13(4)11-15)12-20(16,18-6-2)19-7-3/h1,8-9,11H,6-7,10,12H2,2-4H3. The number of rotatable bonds is 8. The lowest BCUT2D eigenvalue weighted by molar-refractivity contribution is 0.219. The third kappa shape index (κ3) is 5.02. The zero-order chi connectivity index (χ0) is 15.0. The molecule has 0 radical (unpaired) electrons. The Bertz CT molecular complexity index is 509. The molecule has 5 heteroatoms. The Morgan fingerprint density at radius 2 is 1.90 bits per heavy atom. The molecule has 0 aliphatic rings. The summed E-state index contributed by atoms with van der Waals surface area (Å²) < 4.78 is 28.4. The van der Waals surface area contributed by atoms with E-state index in [-0.39, 0.29) is 12.8 Å². The summed E-state index contributed by atoms with van der Waals surface area (Å²) >= 11 is 0. The van der Waals surface area contributed by atoms with Crippen LogP contribution < -0.4 is 4.74 Å². The lowest BCUT2D eigenvalue weighted by atomic mass is 10.1. The highest BCUT2D eigenvalue weighted by molar-refractivity contribution is 7.53. The van der Waals surface area contributed by atoms with Crippen LogP contribution in [0.15, 0.2) is 18.2 Å². The average molecular weight is 296 g/mol. The minimum absolute atomic E-state index is 0.231. The van der Waals surface area contributed by atoms with Crippen LogP contribution in [0, 0.1) is 19.3 Å². The van der Waals surface area contributed by atoms with Crippen molar-refractivity contribution in [1.29, 1.82) is 0 Å². The summed E-state index contributed by atoms with van der Waals surface area (Å²) in [5.41, 5.74) is 1.89. The third-order valence-electron chi connectivity index (χ3n) is 2.65. The van der Waals surface area contributed by atoms with Gasteiger partial charge >= 0.3 is 7.60 Å². The van der Waals surface area contributed by atoms with E-state index in [1.165, 1.54) is 0 Å². The van der Waals surface area contributed by atoms with Crippen molar-refractivity contribution >= 4 is 7.60 Å². The van der Waals surface area contributed by atoms with Gasteiger partial charge in [-0.25, -0.2) is 0 Å². The number of hydrogen-bond donors (Lipinski definition) is 0. The highest BCUT2D eigenvalue weighted by Gasteiger charge is 2.24. The van der Waals surface area contributed by atoms with Crippen LogP contribution in [0.5, 0.6) is 5.75 Å². The molecule has 1 aromatic carbocycles.